The Labute approximate surface area is 205 Å². The summed E-state index contributed by atoms with van der Waals surface area (Å²) < 4.78 is 28.0. The molecule has 0 bridgehead atoms. The molecule has 5 rings (SSSR count). The summed E-state index contributed by atoms with van der Waals surface area (Å²) in [6, 6.07) is 15.2. The summed E-state index contributed by atoms with van der Waals surface area (Å²) in [6.07, 6.45) is 7.80. The molecule has 2 aromatic carbocycles. The molecule has 0 atom stereocenters. The molecular weight excluding hydrogens is 442 g/mol. The van der Waals surface area contributed by atoms with Crippen LogP contribution in [0, 0.1) is 0 Å². The normalized spacial score (nSPS) is 21.1. The number of piperazine rings is 1. The first-order valence-electron chi connectivity index (χ1n) is 13.1. The van der Waals surface area contributed by atoms with Crippen molar-refractivity contribution in [3.63, 3.8) is 0 Å². The number of hydrogen-bond acceptors (Lipinski definition) is 4. The highest BCUT2D eigenvalue weighted by Gasteiger charge is 2.29. The van der Waals surface area contributed by atoms with Crippen LogP contribution >= 0.6 is 0 Å². The second kappa shape index (κ2) is 10.00. The van der Waals surface area contributed by atoms with Gasteiger partial charge < -0.3 is 4.90 Å². The minimum absolute atomic E-state index is 0.395. The number of sulfonamides is 1. The van der Waals surface area contributed by atoms with E-state index >= 15 is 0 Å². The highest BCUT2D eigenvalue weighted by Crippen LogP contribution is 2.29. The molecule has 2 aromatic rings. The maximum atomic E-state index is 13.2. The zero-order valence-electron chi connectivity index (χ0n) is 20.7. The third kappa shape index (κ3) is 4.91. The lowest BCUT2D eigenvalue weighted by Crippen LogP contribution is -2.48. The first-order chi connectivity index (χ1) is 16.4. The molecule has 0 aromatic heterocycles. The summed E-state index contributed by atoms with van der Waals surface area (Å²) in [6.45, 7) is 9.12. The molecule has 1 saturated carbocycles. The summed E-state index contributed by atoms with van der Waals surface area (Å²) in [5, 5.41) is 0. The van der Waals surface area contributed by atoms with E-state index in [1.807, 2.05) is 12.1 Å². The van der Waals surface area contributed by atoms with E-state index in [0.29, 0.717) is 23.9 Å². The quantitative estimate of drug-likeness (QED) is 0.623. The van der Waals surface area contributed by atoms with E-state index in [9.17, 15) is 8.42 Å². The molecule has 3 aliphatic rings. The predicted octanol–water partition coefficient (Wildman–Crippen LogP) is 4.66. The largest absolute Gasteiger partial charge is 0.369 e. The minimum Gasteiger partial charge on any atom is -0.369 e. The molecule has 1 aliphatic carbocycles. The van der Waals surface area contributed by atoms with Crippen LogP contribution < -0.4 is 4.90 Å². The lowest BCUT2D eigenvalue weighted by atomic mass is 10.0. The van der Waals surface area contributed by atoms with Crippen molar-refractivity contribution in [2.75, 3.05) is 44.2 Å². The van der Waals surface area contributed by atoms with Crippen molar-refractivity contribution < 1.29 is 8.42 Å². The fourth-order valence-corrected chi connectivity index (χ4v) is 7.34. The van der Waals surface area contributed by atoms with Crippen LogP contribution in [0.4, 0.5) is 5.69 Å². The van der Waals surface area contributed by atoms with Crippen LogP contribution in [0.3, 0.4) is 0 Å². The van der Waals surface area contributed by atoms with Gasteiger partial charge in [-0.15, -0.1) is 0 Å². The summed E-state index contributed by atoms with van der Waals surface area (Å²) in [5.74, 6) is 0.395. The Morgan fingerprint density at radius 2 is 1.44 bits per heavy atom. The topological polar surface area (TPSA) is 43.9 Å². The fourth-order valence-electron chi connectivity index (χ4n) is 5.92. The molecule has 0 amide bonds. The molecule has 0 unspecified atom stereocenters. The zero-order valence-corrected chi connectivity index (χ0v) is 21.6. The lowest BCUT2D eigenvalue weighted by Gasteiger charge is -2.35. The van der Waals surface area contributed by atoms with Gasteiger partial charge in [0.15, 0.2) is 0 Å². The molecule has 0 radical (unpaired) electrons. The average Bonchev–Trinajstić information content (AvgIpc) is 3.31. The number of hydrogen-bond donors (Lipinski definition) is 0. The van der Waals surface area contributed by atoms with Crippen LogP contribution in [0.5, 0.6) is 0 Å². The number of fused-ring (bicyclic) bond motifs is 1. The Morgan fingerprint density at radius 3 is 2.09 bits per heavy atom. The molecular formula is C28H39N3O2S. The molecule has 184 valence electrons. The van der Waals surface area contributed by atoms with E-state index in [0.717, 1.165) is 32.0 Å². The van der Waals surface area contributed by atoms with E-state index in [-0.39, 0.29) is 0 Å². The SMILES string of the molecule is CC(C)c1ccc(S(=O)(=O)N2CCN(c3ccc4c(c3)CCN(C3CCCC3)CC4)CC2)cc1. The molecule has 2 aliphatic heterocycles. The summed E-state index contributed by atoms with van der Waals surface area (Å²) in [7, 11) is -3.44. The Morgan fingerprint density at radius 1 is 0.794 bits per heavy atom. The van der Waals surface area contributed by atoms with Gasteiger partial charge in [-0.05, 0) is 72.6 Å². The van der Waals surface area contributed by atoms with Crippen LogP contribution in [-0.2, 0) is 22.9 Å². The molecule has 2 fully saturated rings. The first kappa shape index (κ1) is 23.8. The van der Waals surface area contributed by atoms with Gasteiger partial charge in [-0.1, -0.05) is 44.9 Å². The Kier molecular flexibility index (Phi) is 7.01. The number of anilines is 1. The van der Waals surface area contributed by atoms with Crippen LogP contribution in [0.25, 0.3) is 0 Å². The maximum absolute atomic E-state index is 13.2. The van der Waals surface area contributed by atoms with Crippen molar-refractivity contribution in [2.24, 2.45) is 0 Å². The monoisotopic (exact) mass is 481 g/mol. The van der Waals surface area contributed by atoms with E-state index < -0.39 is 10.0 Å². The second-order valence-corrected chi connectivity index (χ2v) is 12.5. The van der Waals surface area contributed by atoms with Crippen LogP contribution in [-0.4, -0.2) is 62.9 Å². The van der Waals surface area contributed by atoms with Crippen molar-refractivity contribution in [3.8, 4) is 0 Å². The van der Waals surface area contributed by atoms with Crippen molar-refractivity contribution in [2.45, 2.75) is 69.2 Å². The molecule has 5 nitrogen and oxygen atoms in total. The standard InChI is InChI=1S/C28H39N3O2S/c1-22(2)23-8-11-28(12-9-23)34(32,33)31-19-17-30(18-20-31)27-10-7-24-13-15-29(16-14-25(24)21-27)26-5-3-4-6-26/h7-12,21-22,26H,3-6,13-20H2,1-2H3. The van der Waals surface area contributed by atoms with Crippen LogP contribution in [0.1, 0.15) is 62.1 Å². The number of benzene rings is 2. The Hall–Kier alpha value is -1.89. The van der Waals surface area contributed by atoms with E-state index in [1.54, 1.807) is 16.4 Å². The van der Waals surface area contributed by atoms with Gasteiger partial charge in [0, 0.05) is 51.0 Å². The second-order valence-electron chi connectivity index (χ2n) is 10.5. The predicted molar refractivity (Wildman–Crippen MR) is 139 cm³/mol. The summed E-state index contributed by atoms with van der Waals surface area (Å²) in [5.41, 5.74) is 5.39. The molecule has 2 heterocycles. The van der Waals surface area contributed by atoms with Gasteiger partial charge in [-0.2, -0.15) is 4.31 Å². The van der Waals surface area contributed by atoms with Crippen LogP contribution in [0.2, 0.25) is 0 Å². The van der Waals surface area contributed by atoms with Crippen molar-refractivity contribution in [1.82, 2.24) is 9.21 Å². The number of nitrogens with zero attached hydrogens (tertiary/aromatic N) is 3. The summed E-state index contributed by atoms with van der Waals surface area (Å²) >= 11 is 0. The first-order valence-corrected chi connectivity index (χ1v) is 14.6. The molecule has 0 spiro atoms. The highest BCUT2D eigenvalue weighted by molar-refractivity contribution is 7.89. The Bertz CT molecular complexity index is 1080. The third-order valence-corrected chi connectivity index (χ3v) is 10.1. The van der Waals surface area contributed by atoms with Gasteiger partial charge in [0.2, 0.25) is 10.0 Å². The highest BCUT2D eigenvalue weighted by atomic mass is 32.2. The summed E-state index contributed by atoms with van der Waals surface area (Å²) in [4.78, 5) is 5.49. The average molecular weight is 482 g/mol. The molecule has 6 heteroatoms. The zero-order chi connectivity index (χ0) is 23.7. The molecule has 34 heavy (non-hydrogen) atoms. The maximum Gasteiger partial charge on any atom is 0.243 e. The number of rotatable bonds is 5. The van der Waals surface area contributed by atoms with Gasteiger partial charge >= 0.3 is 0 Å². The van der Waals surface area contributed by atoms with Gasteiger partial charge in [0.25, 0.3) is 0 Å². The van der Waals surface area contributed by atoms with Crippen molar-refractivity contribution in [3.05, 3.63) is 59.2 Å². The van der Waals surface area contributed by atoms with Gasteiger partial charge in [0.1, 0.15) is 0 Å². The fraction of sp³-hybridized carbons (Fsp3) is 0.571. The van der Waals surface area contributed by atoms with Gasteiger partial charge in [-0.3, -0.25) is 4.90 Å². The van der Waals surface area contributed by atoms with Crippen molar-refractivity contribution >= 4 is 15.7 Å². The third-order valence-electron chi connectivity index (χ3n) is 8.16. The molecule has 1 saturated heterocycles. The van der Waals surface area contributed by atoms with Crippen molar-refractivity contribution in [1.29, 1.82) is 0 Å². The smallest absolute Gasteiger partial charge is 0.243 e. The van der Waals surface area contributed by atoms with E-state index in [4.69, 9.17) is 0 Å². The van der Waals surface area contributed by atoms with Crippen LogP contribution in [0.15, 0.2) is 47.4 Å². The Balaban J connectivity index is 1.22. The molecule has 0 N–H and O–H groups in total. The lowest BCUT2D eigenvalue weighted by molar-refractivity contribution is 0.208. The van der Waals surface area contributed by atoms with Gasteiger partial charge in [-0.25, -0.2) is 8.42 Å². The van der Waals surface area contributed by atoms with E-state index in [1.165, 1.54) is 61.2 Å². The van der Waals surface area contributed by atoms with E-state index in [2.05, 4.69) is 41.8 Å². The minimum atomic E-state index is -3.44. The van der Waals surface area contributed by atoms with Gasteiger partial charge in [0.05, 0.1) is 4.90 Å².